The normalized spacial score (nSPS) is 12.3. The Morgan fingerprint density at radius 2 is 1.22 bits per heavy atom. The van der Waals surface area contributed by atoms with Crippen LogP contribution in [0.25, 0.3) is 0 Å². The summed E-state index contributed by atoms with van der Waals surface area (Å²) < 4.78 is 10.5. The Morgan fingerprint density at radius 1 is 0.722 bits per heavy atom. The summed E-state index contributed by atoms with van der Waals surface area (Å²) in [5, 5.41) is 0. The summed E-state index contributed by atoms with van der Waals surface area (Å²) in [6, 6.07) is 5.10. The van der Waals surface area contributed by atoms with E-state index in [0.29, 0.717) is 6.42 Å². The summed E-state index contributed by atoms with van der Waals surface area (Å²) in [6.45, 7) is 6.03. The Labute approximate surface area is 217 Å². The van der Waals surface area contributed by atoms with Crippen LogP contribution in [0.4, 0.5) is 0 Å². The number of carbonyl (C=O) groups excluding carboxylic acids is 2. The van der Waals surface area contributed by atoms with E-state index in [2.05, 4.69) is 67.7 Å². The van der Waals surface area contributed by atoms with E-state index in [9.17, 15) is 9.59 Å². The van der Waals surface area contributed by atoms with Gasteiger partial charge in [-0.3, -0.25) is 4.79 Å². The first-order chi connectivity index (χ1) is 17.6. The zero-order chi connectivity index (χ0) is 26.3. The molecule has 36 heavy (non-hydrogen) atoms. The molecule has 0 amide bonds. The van der Waals surface area contributed by atoms with Gasteiger partial charge in [0.1, 0.15) is 11.3 Å². The van der Waals surface area contributed by atoms with Crippen molar-refractivity contribution < 1.29 is 19.1 Å². The molecule has 0 spiro atoms. The lowest BCUT2D eigenvalue weighted by Crippen LogP contribution is -2.12. The maximum Gasteiger partial charge on any atom is 0.341 e. The van der Waals surface area contributed by atoms with Gasteiger partial charge in [0.2, 0.25) is 0 Å². The van der Waals surface area contributed by atoms with Crippen molar-refractivity contribution >= 4 is 11.9 Å². The highest BCUT2D eigenvalue weighted by Gasteiger charge is 2.16. The summed E-state index contributed by atoms with van der Waals surface area (Å²) in [7, 11) is 0. The first-order valence-corrected chi connectivity index (χ1v) is 13.0. The number of hydrogen-bond acceptors (Lipinski definition) is 4. The topological polar surface area (TPSA) is 52.6 Å². The van der Waals surface area contributed by atoms with Crippen molar-refractivity contribution in [2.45, 2.75) is 72.1 Å². The number of esters is 2. The number of hydrogen-bond donors (Lipinski definition) is 0. The van der Waals surface area contributed by atoms with Crippen molar-refractivity contribution in [1.82, 2.24) is 0 Å². The monoisotopic (exact) mass is 490 g/mol. The van der Waals surface area contributed by atoms with Crippen LogP contribution in [0.5, 0.6) is 5.75 Å². The molecule has 0 aliphatic rings. The van der Waals surface area contributed by atoms with E-state index in [1.165, 1.54) is 0 Å². The van der Waals surface area contributed by atoms with Gasteiger partial charge in [0.15, 0.2) is 0 Å². The fraction of sp³-hybridized carbons (Fsp3) is 0.375. The Bertz CT molecular complexity index is 945. The molecule has 0 bridgehead atoms. The SMILES string of the molecule is CC/C=C\C/C=C\C/C=C\C/C=C\C/C=C\C/C=C\CCC(=O)Oc1cc(C)ccc1C(=O)OCC. The van der Waals surface area contributed by atoms with Crippen LogP contribution >= 0.6 is 0 Å². The molecule has 0 unspecified atom stereocenters. The molecule has 1 aromatic rings. The van der Waals surface area contributed by atoms with Crippen molar-refractivity contribution in [2.75, 3.05) is 6.61 Å². The second kappa shape index (κ2) is 20.9. The highest BCUT2D eigenvalue weighted by molar-refractivity contribution is 5.93. The molecule has 0 radical (unpaired) electrons. The largest absolute Gasteiger partial charge is 0.462 e. The summed E-state index contributed by atoms with van der Waals surface area (Å²) in [5.41, 5.74) is 1.17. The number of rotatable bonds is 17. The predicted molar refractivity (Wildman–Crippen MR) is 150 cm³/mol. The van der Waals surface area contributed by atoms with E-state index < -0.39 is 5.97 Å². The van der Waals surface area contributed by atoms with Gasteiger partial charge in [-0.05, 0) is 76.5 Å². The van der Waals surface area contributed by atoms with Crippen LogP contribution in [0, 0.1) is 6.92 Å². The summed E-state index contributed by atoms with van der Waals surface area (Å²) in [5.74, 6) is -0.607. The molecular weight excluding hydrogens is 448 g/mol. The molecule has 4 heteroatoms. The molecule has 0 saturated heterocycles. The molecule has 0 aliphatic heterocycles. The van der Waals surface area contributed by atoms with Crippen molar-refractivity contribution in [2.24, 2.45) is 0 Å². The first-order valence-electron chi connectivity index (χ1n) is 13.0. The van der Waals surface area contributed by atoms with E-state index >= 15 is 0 Å². The van der Waals surface area contributed by atoms with Crippen LogP contribution in [0.3, 0.4) is 0 Å². The van der Waals surface area contributed by atoms with E-state index in [-0.39, 0.29) is 30.3 Å². The number of allylic oxidation sites excluding steroid dienone is 12. The molecule has 0 fully saturated rings. The fourth-order valence-electron chi connectivity index (χ4n) is 3.11. The number of benzene rings is 1. The van der Waals surface area contributed by atoms with Crippen molar-refractivity contribution in [3.05, 3.63) is 102 Å². The fourth-order valence-corrected chi connectivity index (χ4v) is 3.11. The van der Waals surface area contributed by atoms with Crippen LogP contribution in [0.15, 0.2) is 91.1 Å². The van der Waals surface area contributed by atoms with Crippen molar-refractivity contribution in [3.8, 4) is 5.75 Å². The first kappa shape index (κ1) is 30.6. The van der Waals surface area contributed by atoms with Gasteiger partial charge in [0, 0.05) is 6.42 Å². The third-order valence-corrected chi connectivity index (χ3v) is 4.97. The molecule has 0 aliphatic carbocycles. The summed E-state index contributed by atoms with van der Waals surface area (Å²) in [4.78, 5) is 24.3. The second-order valence-electron chi connectivity index (χ2n) is 8.15. The van der Waals surface area contributed by atoms with E-state index in [0.717, 1.165) is 44.1 Å². The minimum atomic E-state index is -0.489. The molecular formula is C32H42O4. The number of carbonyl (C=O) groups is 2. The van der Waals surface area contributed by atoms with Crippen LogP contribution in [-0.4, -0.2) is 18.5 Å². The van der Waals surface area contributed by atoms with Gasteiger partial charge in [-0.15, -0.1) is 0 Å². The van der Waals surface area contributed by atoms with E-state index in [1.807, 2.05) is 19.1 Å². The highest BCUT2D eigenvalue weighted by Crippen LogP contribution is 2.22. The lowest BCUT2D eigenvalue weighted by molar-refractivity contribution is -0.134. The minimum Gasteiger partial charge on any atom is -0.462 e. The van der Waals surface area contributed by atoms with Gasteiger partial charge >= 0.3 is 11.9 Å². The standard InChI is InChI=1S/C32H42O4/c1-4-6-7-8-9-10-11-12-13-14-15-16-17-18-19-20-21-22-23-24-31(33)36-30-27-28(3)25-26-29(30)32(34)35-5-2/h6-7,9-10,12-13,15-16,18-19,21-22,25-27H,4-5,8,11,14,17,20,23-24H2,1-3H3/b7-6-,10-9-,13-12-,16-15-,19-18-,22-21-. The second-order valence-corrected chi connectivity index (χ2v) is 8.15. The molecule has 0 atom stereocenters. The van der Waals surface area contributed by atoms with Crippen LogP contribution in [0.1, 0.15) is 81.1 Å². The maximum absolute atomic E-state index is 12.2. The average molecular weight is 491 g/mol. The summed E-state index contributed by atoms with van der Waals surface area (Å²) in [6.07, 6.45) is 32.4. The smallest absolute Gasteiger partial charge is 0.341 e. The minimum absolute atomic E-state index is 0.248. The maximum atomic E-state index is 12.2. The Hall–Kier alpha value is -3.40. The lowest BCUT2D eigenvalue weighted by Gasteiger charge is -2.10. The molecule has 1 rings (SSSR count). The van der Waals surface area contributed by atoms with Gasteiger partial charge in [0.25, 0.3) is 0 Å². The summed E-state index contributed by atoms with van der Waals surface area (Å²) >= 11 is 0. The average Bonchev–Trinajstić information content (AvgIpc) is 2.85. The molecule has 4 nitrogen and oxygen atoms in total. The van der Waals surface area contributed by atoms with Crippen molar-refractivity contribution in [3.63, 3.8) is 0 Å². The Morgan fingerprint density at radius 3 is 1.72 bits per heavy atom. The van der Waals surface area contributed by atoms with Gasteiger partial charge < -0.3 is 9.47 Å². The quantitative estimate of drug-likeness (QED) is 0.125. The third-order valence-electron chi connectivity index (χ3n) is 4.97. The van der Waals surface area contributed by atoms with Gasteiger partial charge in [-0.25, -0.2) is 4.79 Å². The Balaban J connectivity index is 2.20. The predicted octanol–water partition coefficient (Wildman–Crippen LogP) is 8.56. The third kappa shape index (κ3) is 15.5. The molecule has 0 heterocycles. The van der Waals surface area contributed by atoms with E-state index in [1.54, 1.807) is 25.1 Å². The molecule has 1 aromatic carbocycles. The number of aryl methyl sites for hydroxylation is 1. The molecule has 0 N–H and O–H groups in total. The molecule has 0 saturated carbocycles. The van der Waals surface area contributed by atoms with E-state index in [4.69, 9.17) is 9.47 Å². The van der Waals surface area contributed by atoms with Gasteiger partial charge in [0.05, 0.1) is 6.61 Å². The number of ether oxygens (including phenoxy) is 2. The highest BCUT2D eigenvalue weighted by atomic mass is 16.5. The molecule has 0 aromatic heterocycles. The zero-order valence-corrected chi connectivity index (χ0v) is 22.2. The zero-order valence-electron chi connectivity index (χ0n) is 22.2. The lowest BCUT2D eigenvalue weighted by atomic mass is 10.1. The Kier molecular flexibility index (Phi) is 17.8. The molecule has 194 valence electrons. The van der Waals surface area contributed by atoms with Crippen molar-refractivity contribution in [1.29, 1.82) is 0 Å². The van der Waals surface area contributed by atoms with Gasteiger partial charge in [-0.2, -0.15) is 0 Å². The van der Waals surface area contributed by atoms with Crippen LogP contribution in [-0.2, 0) is 9.53 Å². The van der Waals surface area contributed by atoms with Crippen LogP contribution in [0.2, 0.25) is 0 Å². The van der Waals surface area contributed by atoms with Crippen LogP contribution < -0.4 is 4.74 Å². The van der Waals surface area contributed by atoms with Gasteiger partial charge in [-0.1, -0.05) is 85.9 Å².